The van der Waals surface area contributed by atoms with E-state index in [-0.39, 0.29) is 11.7 Å². The average Bonchev–Trinajstić information content (AvgIpc) is 2.53. The van der Waals surface area contributed by atoms with Crippen molar-refractivity contribution in [2.75, 3.05) is 0 Å². The van der Waals surface area contributed by atoms with E-state index in [9.17, 15) is 9.18 Å². The van der Waals surface area contributed by atoms with E-state index >= 15 is 0 Å². The van der Waals surface area contributed by atoms with Crippen LogP contribution in [0.2, 0.25) is 0 Å². The summed E-state index contributed by atoms with van der Waals surface area (Å²) in [5.74, 6) is -0.571. The van der Waals surface area contributed by atoms with Gasteiger partial charge in [0.25, 0.3) is 5.91 Å². The van der Waals surface area contributed by atoms with Gasteiger partial charge in [0, 0.05) is 12.7 Å². The minimum atomic E-state index is -0.297. The number of rotatable bonds is 3. The highest BCUT2D eigenvalue weighted by Gasteiger charge is 2.08. The van der Waals surface area contributed by atoms with Crippen LogP contribution in [-0.4, -0.2) is 15.9 Å². The fourth-order valence-corrected chi connectivity index (χ4v) is 1.96. The number of carbonyl (C=O) groups is 1. The highest BCUT2D eigenvalue weighted by molar-refractivity contribution is 5.94. The van der Waals surface area contributed by atoms with E-state index < -0.39 is 0 Å². The lowest BCUT2D eigenvalue weighted by molar-refractivity contribution is 0.0946. The van der Waals surface area contributed by atoms with Gasteiger partial charge in [0.1, 0.15) is 11.5 Å². The fourth-order valence-electron chi connectivity index (χ4n) is 1.96. The highest BCUT2D eigenvalue weighted by atomic mass is 19.1. The first kappa shape index (κ1) is 13.2. The Morgan fingerprint density at radius 3 is 2.67 bits per heavy atom. The molecule has 0 bridgehead atoms. The maximum atomic E-state index is 12.8. The molecule has 2 heterocycles. The molecule has 0 saturated carbocycles. The highest BCUT2D eigenvalue weighted by Crippen LogP contribution is 2.09. The largest absolute Gasteiger partial charge is 0.347 e. The van der Waals surface area contributed by atoms with Gasteiger partial charge in [-0.1, -0.05) is 12.1 Å². The Morgan fingerprint density at radius 1 is 1.05 bits per heavy atom. The van der Waals surface area contributed by atoms with Crippen molar-refractivity contribution in [1.82, 2.24) is 15.3 Å². The van der Waals surface area contributed by atoms with Crippen molar-refractivity contribution in [3.8, 4) is 0 Å². The van der Waals surface area contributed by atoms with Crippen LogP contribution < -0.4 is 5.32 Å². The van der Waals surface area contributed by atoms with Crippen LogP contribution in [0.15, 0.2) is 54.7 Å². The van der Waals surface area contributed by atoms with E-state index in [0.29, 0.717) is 17.8 Å². The minimum Gasteiger partial charge on any atom is -0.347 e. The lowest BCUT2D eigenvalue weighted by atomic mass is 10.2. The number of nitrogens with zero attached hydrogens (tertiary/aromatic N) is 2. The Morgan fingerprint density at radius 2 is 1.86 bits per heavy atom. The van der Waals surface area contributed by atoms with Gasteiger partial charge in [-0.05, 0) is 42.0 Å². The minimum absolute atomic E-state index is 0.273. The first-order valence-electron chi connectivity index (χ1n) is 6.47. The molecule has 104 valence electrons. The molecule has 1 aromatic carbocycles. The Bertz CT molecular complexity index is 787. The summed E-state index contributed by atoms with van der Waals surface area (Å²) in [6.07, 6.45) is 1.68. The van der Waals surface area contributed by atoms with Gasteiger partial charge >= 0.3 is 0 Å². The van der Waals surface area contributed by atoms with Gasteiger partial charge in [0.05, 0.1) is 11.0 Å². The van der Waals surface area contributed by atoms with Crippen LogP contribution in [0.4, 0.5) is 4.39 Å². The molecule has 1 N–H and O–H groups in total. The summed E-state index contributed by atoms with van der Waals surface area (Å²) in [5, 5.41) is 2.76. The van der Waals surface area contributed by atoms with Gasteiger partial charge in [-0.25, -0.2) is 9.37 Å². The number of pyridine rings is 2. The van der Waals surface area contributed by atoms with Crippen LogP contribution in [-0.2, 0) is 6.54 Å². The van der Waals surface area contributed by atoms with Crippen molar-refractivity contribution in [1.29, 1.82) is 0 Å². The van der Waals surface area contributed by atoms with Gasteiger partial charge in [0.15, 0.2) is 0 Å². The molecular formula is C16H12FN3O. The molecule has 0 atom stereocenters. The van der Waals surface area contributed by atoms with E-state index in [1.807, 2.05) is 0 Å². The Labute approximate surface area is 120 Å². The number of aromatic nitrogens is 2. The van der Waals surface area contributed by atoms with Gasteiger partial charge < -0.3 is 5.32 Å². The van der Waals surface area contributed by atoms with Crippen molar-refractivity contribution >= 4 is 16.9 Å². The zero-order valence-electron chi connectivity index (χ0n) is 11.1. The molecule has 0 unspecified atom stereocenters. The molecule has 0 radical (unpaired) electrons. The number of amides is 1. The molecule has 0 aliphatic heterocycles. The molecule has 0 aliphatic rings. The Kier molecular flexibility index (Phi) is 3.55. The van der Waals surface area contributed by atoms with Gasteiger partial charge in [0.2, 0.25) is 0 Å². The first-order chi connectivity index (χ1) is 10.2. The van der Waals surface area contributed by atoms with E-state index in [2.05, 4.69) is 15.3 Å². The van der Waals surface area contributed by atoms with Crippen molar-refractivity contribution in [3.05, 3.63) is 71.8 Å². The van der Waals surface area contributed by atoms with E-state index in [0.717, 1.165) is 11.1 Å². The predicted octanol–water partition coefficient (Wildman–Crippen LogP) is 2.70. The summed E-state index contributed by atoms with van der Waals surface area (Å²) < 4.78 is 12.8. The van der Waals surface area contributed by atoms with Gasteiger partial charge in [-0.2, -0.15) is 0 Å². The summed E-state index contributed by atoms with van der Waals surface area (Å²) in [6.45, 7) is 0.325. The summed E-state index contributed by atoms with van der Waals surface area (Å²) in [5.41, 5.74) is 2.57. The summed E-state index contributed by atoms with van der Waals surface area (Å²) >= 11 is 0. The predicted molar refractivity (Wildman–Crippen MR) is 77.1 cm³/mol. The third kappa shape index (κ3) is 3.02. The molecule has 5 heteroatoms. The lowest BCUT2D eigenvalue weighted by Crippen LogP contribution is -2.23. The lowest BCUT2D eigenvalue weighted by Gasteiger charge is -2.05. The van der Waals surface area contributed by atoms with E-state index in [4.69, 9.17) is 0 Å². The van der Waals surface area contributed by atoms with Crippen molar-refractivity contribution in [3.63, 3.8) is 0 Å². The van der Waals surface area contributed by atoms with Crippen LogP contribution >= 0.6 is 0 Å². The molecule has 0 aliphatic carbocycles. The summed E-state index contributed by atoms with van der Waals surface area (Å²) in [7, 11) is 0. The first-order valence-corrected chi connectivity index (χ1v) is 6.47. The van der Waals surface area contributed by atoms with Crippen LogP contribution in [0.3, 0.4) is 0 Å². The van der Waals surface area contributed by atoms with Crippen molar-refractivity contribution in [2.24, 2.45) is 0 Å². The fraction of sp³-hybridized carbons (Fsp3) is 0.0625. The molecule has 0 fully saturated rings. The number of hydrogen-bond acceptors (Lipinski definition) is 3. The van der Waals surface area contributed by atoms with Crippen molar-refractivity contribution < 1.29 is 9.18 Å². The number of fused-ring (bicyclic) bond motifs is 1. The maximum Gasteiger partial charge on any atom is 0.270 e. The molecule has 21 heavy (non-hydrogen) atoms. The second-order valence-corrected chi connectivity index (χ2v) is 4.55. The molecule has 0 saturated heterocycles. The van der Waals surface area contributed by atoms with Crippen LogP contribution in [0.25, 0.3) is 11.0 Å². The van der Waals surface area contributed by atoms with E-state index in [1.165, 1.54) is 12.1 Å². The quantitative estimate of drug-likeness (QED) is 0.803. The Hall–Kier alpha value is -2.82. The number of benzene rings is 1. The second kappa shape index (κ2) is 5.66. The van der Waals surface area contributed by atoms with E-state index in [1.54, 1.807) is 42.6 Å². The number of halogens is 1. The zero-order valence-corrected chi connectivity index (χ0v) is 11.1. The van der Waals surface area contributed by atoms with Gasteiger partial charge in [-0.3, -0.25) is 9.78 Å². The number of hydrogen-bond donors (Lipinski definition) is 1. The zero-order chi connectivity index (χ0) is 14.7. The topological polar surface area (TPSA) is 54.9 Å². The van der Waals surface area contributed by atoms with Crippen LogP contribution in [0.1, 0.15) is 16.1 Å². The molecule has 1 amide bonds. The van der Waals surface area contributed by atoms with Crippen LogP contribution in [0, 0.1) is 5.82 Å². The smallest absolute Gasteiger partial charge is 0.270 e. The van der Waals surface area contributed by atoms with Crippen molar-refractivity contribution in [2.45, 2.75) is 6.54 Å². The van der Waals surface area contributed by atoms with Gasteiger partial charge in [-0.15, -0.1) is 0 Å². The molecule has 2 aromatic heterocycles. The standard InChI is InChI=1S/C16H12FN3O/c17-12-5-3-11(4-6-12)10-19-16(21)15-8-7-13-14(20-15)2-1-9-18-13/h1-9H,10H2,(H,19,21). The monoisotopic (exact) mass is 281 g/mol. The average molecular weight is 281 g/mol. The number of nitrogens with one attached hydrogen (secondary N) is 1. The van der Waals surface area contributed by atoms with Crippen LogP contribution in [0.5, 0.6) is 0 Å². The molecule has 3 rings (SSSR count). The molecule has 4 nitrogen and oxygen atoms in total. The maximum absolute atomic E-state index is 12.8. The second-order valence-electron chi connectivity index (χ2n) is 4.55. The molecule has 0 spiro atoms. The molecular weight excluding hydrogens is 269 g/mol. The third-order valence-corrected chi connectivity index (χ3v) is 3.06. The normalized spacial score (nSPS) is 10.5. The summed E-state index contributed by atoms with van der Waals surface area (Å²) in [6, 6.07) is 13.0. The summed E-state index contributed by atoms with van der Waals surface area (Å²) in [4.78, 5) is 20.5. The number of carbonyl (C=O) groups excluding carboxylic acids is 1. The molecule has 3 aromatic rings. The third-order valence-electron chi connectivity index (χ3n) is 3.06. The Balaban J connectivity index is 1.73. The SMILES string of the molecule is O=C(NCc1ccc(F)cc1)c1ccc2ncccc2n1.